The number of ether oxygens (including phenoxy) is 1. The second-order valence-corrected chi connectivity index (χ2v) is 7.80. The molecule has 1 heterocycles. The zero-order valence-electron chi connectivity index (χ0n) is 18.5. The molecule has 10 heteroatoms. The van der Waals surface area contributed by atoms with Crippen molar-refractivity contribution in [2.45, 2.75) is 46.3 Å². The van der Waals surface area contributed by atoms with Gasteiger partial charge in [0.25, 0.3) is 0 Å². The van der Waals surface area contributed by atoms with Crippen LogP contribution in [-0.2, 0) is 4.74 Å². The molecule has 0 aliphatic carbocycles. The van der Waals surface area contributed by atoms with Crippen molar-refractivity contribution >= 4 is 18.3 Å². The Bertz CT molecular complexity index is 986. The molecule has 1 aromatic carbocycles. The lowest BCUT2D eigenvalue weighted by molar-refractivity contribution is 0.0507. The highest BCUT2D eigenvalue weighted by atomic mass is 19.1. The minimum Gasteiger partial charge on any atom is -0.444 e. The van der Waals surface area contributed by atoms with E-state index in [0.29, 0.717) is 16.8 Å². The van der Waals surface area contributed by atoms with Crippen LogP contribution >= 0.6 is 0 Å². The van der Waals surface area contributed by atoms with Crippen LogP contribution < -0.4 is 16.0 Å². The molecule has 1 amide bonds. The molecule has 9 nitrogen and oxygen atoms in total. The van der Waals surface area contributed by atoms with Crippen molar-refractivity contribution in [3.63, 3.8) is 0 Å². The average Bonchev–Trinajstić information content (AvgIpc) is 2.68. The minimum absolute atomic E-state index is 0.145. The number of alkyl carbamates (subject to hydrolysis) is 1. The fourth-order valence-electron chi connectivity index (χ4n) is 2.79. The van der Waals surface area contributed by atoms with Gasteiger partial charge in [0.2, 0.25) is 5.95 Å². The molecule has 0 aliphatic heterocycles. The number of nitrogens with one attached hydrogen (secondary N) is 4. The van der Waals surface area contributed by atoms with E-state index >= 15 is 4.39 Å². The van der Waals surface area contributed by atoms with E-state index in [2.05, 4.69) is 30.9 Å². The van der Waals surface area contributed by atoms with Crippen LogP contribution in [0.15, 0.2) is 30.4 Å². The Labute approximate surface area is 181 Å². The molecule has 2 aromatic rings. The molecule has 4 N–H and O–H groups in total. The topological polar surface area (TPSA) is 125 Å². The summed E-state index contributed by atoms with van der Waals surface area (Å²) in [6.07, 6.45) is 3.35. The first-order valence-corrected chi connectivity index (χ1v) is 9.68. The molecule has 0 fully saturated rings. The van der Waals surface area contributed by atoms with Crippen LogP contribution in [0.3, 0.4) is 0 Å². The van der Waals surface area contributed by atoms with Gasteiger partial charge in [-0.1, -0.05) is 6.07 Å². The first kappa shape index (κ1) is 23.7. The summed E-state index contributed by atoms with van der Waals surface area (Å²) in [7, 11) is 1.70. The highest BCUT2D eigenvalue weighted by molar-refractivity contribution is 5.79. The second-order valence-electron chi connectivity index (χ2n) is 7.80. The largest absolute Gasteiger partial charge is 0.444 e. The van der Waals surface area contributed by atoms with E-state index in [0.717, 1.165) is 6.21 Å². The molecule has 0 spiro atoms. The van der Waals surface area contributed by atoms with Crippen LogP contribution in [0.1, 0.15) is 44.9 Å². The Balaban J connectivity index is 2.28. The summed E-state index contributed by atoms with van der Waals surface area (Å²) < 4.78 is 20.4. The summed E-state index contributed by atoms with van der Waals surface area (Å²) in [5, 5.41) is 15.8. The fourth-order valence-corrected chi connectivity index (χ4v) is 2.79. The van der Waals surface area contributed by atoms with Gasteiger partial charge in [0.15, 0.2) is 5.82 Å². The minimum atomic E-state index is -0.627. The van der Waals surface area contributed by atoms with Gasteiger partial charge in [0.1, 0.15) is 17.7 Å². The summed E-state index contributed by atoms with van der Waals surface area (Å²) >= 11 is 0. The molecular weight excluding hydrogens is 401 g/mol. The third-order valence-electron chi connectivity index (χ3n) is 4.15. The maximum atomic E-state index is 15.2. The van der Waals surface area contributed by atoms with E-state index in [4.69, 9.17) is 10.1 Å². The number of nitrogens with zero attached hydrogens (tertiary/aromatic N) is 3. The lowest BCUT2D eigenvalue weighted by Crippen LogP contribution is -2.34. The second kappa shape index (κ2) is 9.96. The maximum Gasteiger partial charge on any atom is 0.408 e. The van der Waals surface area contributed by atoms with Gasteiger partial charge in [0.05, 0.1) is 17.3 Å². The molecule has 0 radical (unpaired) electrons. The number of rotatable bonds is 7. The van der Waals surface area contributed by atoms with Gasteiger partial charge in [-0.05, 0) is 51.8 Å². The highest BCUT2D eigenvalue weighted by Gasteiger charge is 2.21. The van der Waals surface area contributed by atoms with Crippen LogP contribution in [0.4, 0.5) is 15.1 Å². The van der Waals surface area contributed by atoms with Crippen molar-refractivity contribution < 1.29 is 13.9 Å². The molecule has 166 valence electrons. The number of halogens is 1. The summed E-state index contributed by atoms with van der Waals surface area (Å²) in [5.41, 5.74) is 0.978. The van der Waals surface area contributed by atoms with Gasteiger partial charge in [0, 0.05) is 19.5 Å². The lowest BCUT2D eigenvalue weighted by Gasteiger charge is -2.23. The molecule has 0 bridgehead atoms. The van der Waals surface area contributed by atoms with Gasteiger partial charge in [-0.3, -0.25) is 0 Å². The van der Waals surface area contributed by atoms with Crippen LogP contribution in [-0.4, -0.2) is 39.9 Å². The van der Waals surface area contributed by atoms with Crippen molar-refractivity contribution in [1.29, 1.82) is 5.41 Å². The smallest absolute Gasteiger partial charge is 0.408 e. The Morgan fingerprint density at radius 2 is 2.00 bits per heavy atom. The predicted molar refractivity (Wildman–Crippen MR) is 117 cm³/mol. The lowest BCUT2D eigenvalue weighted by atomic mass is 9.98. The van der Waals surface area contributed by atoms with Gasteiger partial charge in [-0.15, -0.1) is 0 Å². The normalized spacial score (nSPS) is 12.7. The van der Waals surface area contributed by atoms with Crippen LogP contribution in [0.5, 0.6) is 0 Å². The molecular formula is C21H28FN7O2. The Morgan fingerprint density at radius 3 is 2.61 bits per heavy atom. The Morgan fingerprint density at radius 1 is 1.29 bits per heavy atom. The van der Waals surface area contributed by atoms with Gasteiger partial charge < -0.3 is 26.1 Å². The average molecular weight is 430 g/mol. The third kappa shape index (κ3) is 6.46. The molecule has 1 aromatic heterocycles. The molecule has 31 heavy (non-hydrogen) atoms. The van der Waals surface area contributed by atoms with E-state index in [1.165, 1.54) is 6.33 Å². The molecule has 0 saturated heterocycles. The molecule has 0 saturated carbocycles. The SMILES string of the molecule is CN/C=C(\C=N)Nc1ncnc(-c2ccc([C@@H](C)NC(=O)OC(C)(C)C)c(C)c2F)n1. The zero-order valence-corrected chi connectivity index (χ0v) is 18.5. The number of benzene rings is 1. The predicted octanol–water partition coefficient (Wildman–Crippen LogP) is 3.69. The number of anilines is 1. The standard InChI is InChI=1S/C21H28FN7O2/c1-12-15(13(2)27-20(30)31-21(3,4)5)7-8-16(17(12)22)18-25-11-26-19(29-18)28-14(9-23)10-24-6/h7-11,13,23-24H,1-6H3,(H,27,30)(H,25,26,28,29)/b14-10+,23-9?/t13-/m1/s1. The Kier molecular flexibility index (Phi) is 7.62. The van der Waals surface area contributed by atoms with Crippen LogP contribution in [0, 0.1) is 18.2 Å². The fraction of sp³-hybridized carbons (Fsp3) is 0.381. The van der Waals surface area contributed by atoms with Crippen molar-refractivity contribution in [3.05, 3.63) is 47.3 Å². The van der Waals surface area contributed by atoms with Gasteiger partial charge >= 0.3 is 6.09 Å². The van der Waals surface area contributed by atoms with E-state index in [-0.39, 0.29) is 17.3 Å². The van der Waals surface area contributed by atoms with Crippen molar-refractivity contribution in [2.24, 2.45) is 0 Å². The van der Waals surface area contributed by atoms with Crippen LogP contribution in [0.25, 0.3) is 11.4 Å². The van der Waals surface area contributed by atoms with Crippen molar-refractivity contribution in [1.82, 2.24) is 25.6 Å². The third-order valence-corrected chi connectivity index (χ3v) is 4.15. The molecule has 1 atom stereocenters. The van der Waals surface area contributed by atoms with Gasteiger partial charge in [-0.25, -0.2) is 19.2 Å². The van der Waals surface area contributed by atoms with Gasteiger partial charge in [-0.2, -0.15) is 4.98 Å². The number of aromatic nitrogens is 3. The highest BCUT2D eigenvalue weighted by Crippen LogP contribution is 2.28. The van der Waals surface area contributed by atoms with Crippen molar-refractivity contribution in [3.8, 4) is 11.4 Å². The monoisotopic (exact) mass is 429 g/mol. The first-order valence-electron chi connectivity index (χ1n) is 9.68. The number of carbonyl (C=O) groups is 1. The number of carbonyl (C=O) groups excluding carboxylic acids is 1. The molecule has 2 rings (SSSR count). The Hall–Kier alpha value is -3.56. The number of allylic oxidation sites excluding steroid dienone is 1. The number of hydrogen-bond donors (Lipinski definition) is 4. The summed E-state index contributed by atoms with van der Waals surface area (Å²) in [5.74, 6) is -0.173. The molecule has 0 unspecified atom stereocenters. The molecule has 0 aliphatic rings. The summed E-state index contributed by atoms with van der Waals surface area (Å²) in [4.78, 5) is 24.4. The van der Waals surface area contributed by atoms with Crippen LogP contribution in [0.2, 0.25) is 0 Å². The maximum absolute atomic E-state index is 15.2. The van der Waals surface area contributed by atoms with E-state index in [9.17, 15) is 4.79 Å². The summed E-state index contributed by atoms with van der Waals surface area (Å²) in [6, 6.07) is 2.82. The van der Waals surface area contributed by atoms with E-state index in [1.807, 2.05) is 0 Å². The number of hydrogen-bond acceptors (Lipinski definition) is 8. The van der Waals surface area contributed by atoms with E-state index in [1.54, 1.807) is 60.0 Å². The van der Waals surface area contributed by atoms with E-state index < -0.39 is 23.6 Å². The quantitative estimate of drug-likeness (QED) is 0.495. The summed E-state index contributed by atoms with van der Waals surface area (Å²) in [6.45, 7) is 8.70. The van der Waals surface area contributed by atoms with Crippen molar-refractivity contribution in [2.75, 3.05) is 12.4 Å². The number of amides is 1. The first-order chi connectivity index (χ1) is 14.6. The zero-order chi connectivity index (χ0) is 23.2.